The van der Waals surface area contributed by atoms with Crippen LogP contribution in [-0.2, 0) is 5.92 Å². The first kappa shape index (κ1) is 23.0. The Labute approximate surface area is 210 Å². The van der Waals surface area contributed by atoms with E-state index in [2.05, 4.69) is 15.3 Å². The first-order valence-electron chi connectivity index (χ1n) is 11.7. The van der Waals surface area contributed by atoms with Crippen molar-refractivity contribution in [2.24, 2.45) is 0 Å². The number of hydrogen-bond acceptors (Lipinski definition) is 7. The van der Waals surface area contributed by atoms with Crippen molar-refractivity contribution in [2.45, 2.75) is 25.0 Å². The van der Waals surface area contributed by atoms with Crippen LogP contribution in [0.2, 0.25) is 0 Å². The summed E-state index contributed by atoms with van der Waals surface area (Å²) < 4.78 is 33.2. The number of aliphatic hydroxyl groups is 1. The van der Waals surface area contributed by atoms with Gasteiger partial charge in [0.25, 0.3) is 5.92 Å². The van der Waals surface area contributed by atoms with Crippen molar-refractivity contribution < 1.29 is 23.1 Å². The molecule has 0 saturated carbocycles. The summed E-state index contributed by atoms with van der Waals surface area (Å²) in [6, 6.07) is 13.6. The molecule has 11 heteroatoms. The van der Waals surface area contributed by atoms with Gasteiger partial charge in [-0.2, -0.15) is 0 Å². The number of aromatic nitrogens is 3. The number of pyridine rings is 2. The van der Waals surface area contributed by atoms with Gasteiger partial charge in [0.2, 0.25) is 0 Å². The van der Waals surface area contributed by atoms with E-state index in [0.29, 0.717) is 47.3 Å². The largest absolute Gasteiger partial charge is 0.442 e. The summed E-state index contributed by atoms with van der Waals surface area (Å²) in [5, 5.41) is 13.5. The van der Waals surface area contributed by atoms with Crippen LogP contribution in [0.3, 0.4) is 0 Å². The van der Waals surface area contributed by atoms with Gasteiger partial charge >= 0.3 is 6.03 Å². The van der Waals surface area contributed by atoms with E-state index in [9.17, 15) is 18.7 Å². The predicted molar refractivity (Wildman–Crippen MR) is 132 cm³/mol. The molecule has 2 bridgehead atoms. The molecular formula is C26H22F2N6O3. The number of hydrogen-bond donors (Lipinski definition) is 2. The van der Waals surface area contributed by atoms with Crippen LogP contribution >= 0.6 is 0 Å². The minimum Gasteiger partial charge on any atom is -0.442 e. The molecule has 1 fully saturated rings. The van der Waals surface area contributed by atoms with Crippen LogP contribution in [0.25, 0.3) is 22.7 Å². The van der Waals surface area contributed by atoms with Crippen molar-refractivity contribution in [2.75, 3.05) is 28.2 Å². The van der Waals surface area contributed by atoms with Gasteiger partial charge in [-0.3, -0.25) is 10.2 Å². The third kappa shape index (κ3) is 4.16. The van der Waals surface area contributed by atoms with Crippen LogP contribution in [-0.4, -0.2) is 51.3 Å². The maximum absolute atomic E-state index is 13.9. The molecule has 6 rings (SSSR count). The van der Waals surface area contributed by atoms with E-state index >= 15 is 0 Å². The van der Waals surface area contributed by atoms with E-state index in [1.54, 1.807) is 42.5 Å². The molecule has 0 radical (unpaired) electrons. The van der Waals surface area contributed by atoms with Crippen LogP contribution in [0.15, 0.2) is 71.6 Å². The molecule has 188 valence electrons. The fraction of sp³-hybridized carbons (Fsp3) is 0.231. The third-order valence-electron chi connectivity index (χ3n) is 6.57. The lowest BCUT2D eigenvalue weighted by Crippen LogP contribution is -2.51. The molecule has 37 heavy (non-hydrogen) atoms. The lowest BCUT2D eigenvalue weighted by molar-refractivity contribution is 0.0175. The van der Waals surface area contributed by atoms with Gasteiger partial charge in [-0.15, -0.1) is 0 Å². The Balaban J connectivity index is 1.36. The summed E-state index contributed by atoms with van der Waals surface area (Å²) in [5.41, 5.74) is 1.97. The van der Waals surface area contributed by atoms with Crippen LogP contribution in [0.4, 0.5) is 30.9 Å². The van der Waals surface area contributed by atoms with Gasteiger partial charge in [-0.05, 0) is 30.3 Å². The molecule has 3 aromatic heterocycles. The van der Waals surface area contributed by atoms with E-state index in [1.807, 2.05) is 4.90 Å². The highest BCUT2D eigenvalue weighted by atomic mass is 19.3. The Kier molecular flexibility index (Phi) is 5.37. The molecule has 2 aliphatic heterocycles. The number of rotatable bonds is 4. The van der Waals surface area contributed by atoms with Gasteiger partial charge < -0.3 is 14.4 Å². The van der Waals surface area contributed by atoms with Crippen LogP contribution in [0, 0.1) is 0 Å². The molecule has 0 aliphatic carbocycles. The molecule has 0 spiro atoms. The molecule has 0 unspecified atom stereocenters. The number of nitrogens with one attached hydrogen (secondary N) is 1. The first-order valence-corrected chi connectivity index (χ1v) is 11.7. The van der Waals surface area contributed by atoms with Crippen LogP contribution < -0.4 is 15.1 Å². The molecule has 2 aliphatic rings. The average Bonchev–Trinajstić information content (AvgIpc) is 3.53. The highest BCUT2D eigenvalue weighted by Crippen LogP contribution is 2.41. The van der Waals surface area contributed by atoms with E-state index in [4.69, 9.17) is 9.40 Å². The number of carbonyl (C=O) groups excluding carboxylic acids is 1. The van der Waals surface area contributed by atoms with E-state index < -0.39 is 24.1 Å². The molecule has 5 heterocycles. The highest BCUT2D eigenvalue weighted by Gasteiger charge is 2.45. The number of carbonyl (C=O) groups is 1. The number of nitrogens with zero attached hydrogens (tertiary/aromatic N) is 5. The molecule has 2 N–H and O–H groups in total. The lowest BCUT2D eigenvalue weighted by Gasteiger charge is -2.36. The standard InChI is InChI=1S/C26H22F2N6O3/c1-26(27,28)16-5-2-4-15(10-16)17-8-9-19-24(31-17)34(20-12-33(19)13-21(20)35)25(36)32-23-7-3-6-18(30-23)22-11-29-14-37-22/h2-11,14,20-21,35H,12-13H2,1H3,(H,30,32,36)/t20-,21-/m1/s1. The molecule has 9 nitrogen and oxygen atoms in total. The summed E-state index contributed by atoms with van der Waals surface area (Å²) >= 11 is 0. The minimum atomic E-state index is -3.00. The van der Waals surface area contributed by atoms with Crippen molar-refractivity contribution in [3.63, 3.8) is 0 Å². The van der Waals surface area contributed by atoms with Crippen LogP contribution in [0.1, 0.15) is 12.5 Å². The summed E-state index contributed by atoms with van der Waals surface area (Å²) in [6.45, 7) is 1.63. The fourth-order valence-electron chi connectivity index (χ4n) is 4.75. The van der Waals surface area contributed by atoms with E-state index in [1.165, 1.54) is 29.6 Å². The number of halogens is 2. The van der Waals surface area contributed by atoms with Gasteiger partial charge in [-0.25, -0.2) is 28.5 Å². The maximum Gasteiger partial charge on any atom is 0.329 e. The summed E-state index contributed by atoms with van der Waals surface area (Å²) in [4.78, 5) is 30.0. The molecule has 1 saturated heterocycles. The fourth-order valence-corrected chi connectivity index (χ4v) is 4.75. The first-order chi connectivity index (χ1) is 17.8. The van der Waals surface area contributed by atoms with Crippen LogP contribution in [0.5, 0.6) is 0 Å². The number of oxazole rings is 1. The number of aliphatic hydroxyl groups excluding tert-OH is 1. The van der Waals surface area contributed by atoms with Crippen molar-refractivity contribution >= 4 is 23.4 Å². The Bertz CT molecular complexity index is 1470. The van der Waals surface area contributed by atoms with Crippen molar-refractivity contribution in [1.82, 2.24) is 15.0 Å². The Morgan fingerprint density at radius 1 is 1.11 bits per heavy atom. The second-order valence-electron chi connectivity index (χ2n) is 9.12. The number of fused-ring (bicyclic) bond motifs is 4. The number of amides is 2. The van der Waals surface area contributed by atoms with Crippen molar-refractivity contribution in [1.29, 1.82) is 0 Å². The van der Waals surface area contributed by atoms with Gasteiger partial charge in [0.05, 0.1) is 29.7 Å². The molecule has 1 aromatic carbocycles. The van der Waals surface area contributed by atoms with Gasteiger partial charge in [0.1, 0.15) is 11.5 Å². The zero-order chi connectivity index (χ0) is 25.7. The minimum absolute atomic E-state index is 0.129. The lowest BCUT2D eigenvalue weighted by atomic mass is 10.0. The Morgan fingerprint density at radius 3 is 2.73 bits per heavy atom. The van der Waals surface area contributed by atoms with E-state index in [0.717, 1.165) is 6.92 Å². The highest BCUT2D eigenvalue weighted by molar-refractivity contribution is 6.04. The predicted octanol–water partition coefficient (Wildman–Crippen LogP) is 4.51. The van der Waals surface area contributed by atoms with Crippen molar-refractivity contribution in [3.05, 3.63) is 72.8 Å². The molecule has 2 atom stereocenters. The molecule has 2 amide bonds. The summed E-state index contributed by atoms with van der Waals surface area (Å²) in [5.74, 6) is -1.93. The smallest absolute Gasteiger partial charge is 0.329 e. The Morgan fingerprint density at radius 2 is 1.95 bits per heavy atom. The monoisotopic (exact) mass is 504 g/mol. The quantitative estimate of drug-likeness (QED) is 0.421. The van der Waals surface area contributed by atoms with Gasteiger partial charge in [-0.1, -0.05) is 24.3 Å². The van der Waals surface area contributed by atoms with Gasteiger partial charge in [0.15, 0.2) is 18.0 Å². The summed E-state index contributed by atoms with van der Waals surface area (Å²) in [6.07, 6.45) is 2.02. The molecule has 4 aromatic rings. The number of alkyl halides is 2. The number of urea groups is 1. The van der Waals surface area contributed by atoms with Crippen molar-refractivity contribution in [3.8, 4) is 22.7 Å². The molecular weight excluding hydrogens is 482 g/mol. The zero-order valence-corrected chi connectivity index (χ0v) is 19.7. The number of benzene rings is 1. The zero-order valence-electron chi connectivity index (χ0n) is 19.7. The third-order valence-corrected chi connectivity index (χ3v) is 6.57. The number of anilines is 3. The van der Waals surface area contributed by atoms with E-state index in [-0.39, 0.29) is 11.4 Å². The summed E-state index contributed by atoms with van der Waals surface area (Å²) in [7, 11) is 0. The topological polar surface area (TPSA) is 108 Å². The normalized spacial score (nSPS) is 18.6. The second-order valence-corrected chi connectivity index (χ2v) is 9.12. The Hall–Kier alpha value is -4.38. The van der Waals surface area contributed by atoms with Gasteiger partial charge in [0, 0.05) is 31.1 Å². The average molecular weight is 504 g/mol. The second kappa shape index (κ2) is 8.63. The maximum atomic E-state index is 13.9. The SMILES string of the molecule is CC(F)(F)c1cccc(-c2ccc3c(n2)N(C(=O)Nc2cccc(-c4cnco4)n2)[C@@H]2CN3C[C@H]2O)c1.